The quantitative estimate of drug-likeness (QED) is 0.581. The Bertz CT molecular complexity index is 647. The highest BCUT2D eigenvalue weighted by Crippen LogP contribution is 2.20. The molecule has 2 aromatic rings. The van der Waals surface area contributed by atoms with E-state index in [0.717, 1.165) is 35.6 Å². The smallest absolute Gasteiger partial charge is 0.214 e. The Balaban J connectivity index is 2.01. The summed E-state index contributed by atoms with van der Waals surface area (Å²) < 4.78 is 5.44. The topological polar surface area (TPSA) is 42.4 Å². The lowest BCUT2D eigenvalue weighted by Gasteiger charge is -2.04. The third-order valence-electron chi connectivity index (χ3n) is 3.37. The second-order valence-electron chi connectivity index (χ2n) is 5.41. The molecule has 3 heteroatoms. The van der Waals surface area contributed by atoms with Crippen LogP contribution in [0.3, 0.4) is 0 Å². The summed E-state index contributed by atoms with van der Waals surface area (Å²) in [5.74, 6) is 0.619. The van der Waals surface area contributed by atoms with Crippen LogP contribution in [0, 0.1) is 0 Å². The van der Waals surface area contributed by atoms with Crippen molar-refractivity contribution in [3.63, 3.8) is 0 Å². The number of aliphatic hydroxyl groups excluding tert-OH is 1. The maximum atomic E-state index is 9.22. The predicted molar refractivity (Wildman–Crippen MR) is 92.0 cm³/mol. The highest BCUT2D eigenvalue weighted by atomic mass is 16.5. The molecule has 1 N–H and O–H groups in total. The van der Waals surface area contributed by atoms with Gasteiger partial charge in [0.25, 0.3) is 0 Å². The normalized spacial score (nSPS) is 12.6. The van der Waals surface area contributed by atoms with Crippen LogP contribution in [0.2, 0.25) is 0 Å². The highest BCUT2D eigenvalue weighted by molar-refractivity contribution is 5.84. The van der Waals surface area contributed by atoms with Crippen LogP contribution in [-0.2, 0) is 0 Å². The van der Waals surface area contributed by atoms with Gasteiger partial charge in [0.1, 0.15) is 6.61 Å². The van der Waals surface area contributed by atoms with Crippen molar-refractivity contribution in [3.8, 4) is 5.88 Å². The van der Waals surface area contributed by atoms with Crippen LogP contribution < -0.4 is 4.74 Å². The van der Waals surface area contributed by atoms with E-state index in [1.807, 2.05) is 19.2 Å². The highest BCUT2D eigenvalue weighted by Gasteiger charge is 1.99. The number of hydrogen-bond acceptors (Lipinski definition) is 3. The first-order valence-electron chi connectivity index (χ1n) is 7.67. The van der Waals surface area contributed by atoms with E-state index in [2.05, 4.69) is 41.9 Å². The van der Waals surface area contributed by atoms with Crippen molar-refractivity contribution in [1.29, 1.82) is 0 Å². The van der Waals surface area contributed by atoms with Gasteiger partial charge in [-0.1, -0.05) is 36.9 Å². The summed E-state index contributed by atoms with van der Waals surface area (Å²) in [6.45, 7) is 5.92. The molecule has 0 aliphatic heterocycles. The van der Waals surface area contributed by atoms with E-state index in [9.17, 15) is 5.11 Å². The van der Waals surface area contributed by atoms with E-state index in [0.29, 0.717) is 12.5 Å². The van der Waals surface area contributed by atoms with Crippen LogP contribution in [-0.4, -0.2) is 22.8 Å². The van der Waals surface area contributed by atoms with Crippen molar-refractivity contribution in [2.24, 2.45) is 0 Å². The Kier molecular flexibility index (Phi) is 6.16. The van der Waals surface area contributed by atoms with Gasteiger partial charge in [-0.05, 0) is 43.2 Å². The lowest BCUT2D eigenvalue weighted by Crippen LogP contribution is -1.97. The summed E-state index contributed by atoms with van der Waals surface area (Å²) >= 11 is 0. The van der Waals surface area contributed by atoms with E-state index in [-0.39, 0.29) is 6.10 Å². The minimum atomic E-state index is -0.211. The van der Waals surface area contributed by atoms with E-state index in [1.165, 1.54) is 0 Å². The van der Waals surface area contributed by atoms with Gasteiger partial charge in [0.2, 0.25) is 5.88 Å². The number of unbranched alkanes of at least 4 members (excludes halogenated alkanes) is 1. The molecule has 0 aliphatic rings. The molecule has 1 heterocycles. The standard InChI is InChI=1S/C19H23NO2/c1-3-11-22-19-13-17-10-9-16(12-18(17)14-20-19)8-6-4-5-7-15(2)21/h3,6,8-10,12-15,21H,1,4-5,7,11H2,2H3. The molecule has 22 heavy (non-hydrogen) atoms. The second-order valence-corrected chi connectivity index (χ2v) is 5.41. The molecule has 0 amide bonds. The Morgan fingerprint density at radius 2 is 2.18 bits per heavy atom. The molecule has 116 valence electrons. The minimum absolute atomic E-state index is 0.211. The number of fused-ring (bicyclic) bond motifs is 1. The summed E-state index contributed by atoms with van der Waals surface area (Å²) in [6, 6.07) is 8.22. The number of aromatic nitrogens is 1. The van der Waals surface area contributed by atoms with Gasteiger partial charge in [0.05, 0.1) is 6.10 Å². The van der Waals surface area contributed by atoms with Crippen molar-refractivity contribution < 1.29 is 9.84 Å². The van der Waals surface area contributed by atoms with Crippen molar-refractivity contribution in [1.82, 2.24) is 4.98 Å². The number of hydrogen-bond donors (Lipinski definition) is 1. The zero-order chi connectivity index (χ0) is 15.8. The molecular formula is C19H23NO2. The number of aliphatic hydroxyl groups is 1. The van der Waals surface area contributed by atoms with E-state index >= 15 is 0 Å². The zero-order valence-electron chi connectivity index (χ0n) is 13.0. The van der Waals surface area contributed by atoms with Gasteiger partial charge in [-0.25, -0.2) is 4.98 Å². The Labute approximate surface area is 132 Å². The van der Waals surface area contributed by atoms with E-state index in [1.54, 1.807) is 6.08 Å². The lowest BCUT2D eigenvalue weighted by atomic mass is 10.1. The van der Waals surface area contributed by atoms with Crippen LogP contribution in [0.4, 0.5) is 0 Å². The molecule has 1 aromatic heterocycles. The van der Waals surface area contributed by atoms with Gasteiger partial charge in [0, 0.05) is 17.6 Å². The molecule has 0 fully saturated rings. The van der Waals surface area contributed by atoms with Crippen LogP contribution >= 0.6 is 0 Å². The maximum Gasteiger partial charge on any atom is 0.214 e. The first-order valence-corrected chi connectivity index (χ1v) is 7.67. The largest absolute Gasteiger partial charge is 0.473 e. The molecular weight excluding hydrogens is 274 g/mol. The number of pyridine rings is 1. The first kappa shape index (κ1) is 16.2. The molecule has 0 spiro atoms. The molecule has 0 bridgehead atoms. The minimum Gasteiger partial charge on any atom is -0.473 e. The number of rotatable bonds is 8. The summed E-state index contributed by atoms with van der Waals surface area (Å²) in [7, 11) is 0. The number of allylic oxidation sites excluding steroid dienone is 1. The molecule has 1 unspecified atom stereocenters. The van der Waals surface area contributed by atoms with Crippen LogP contribution in [0.25, 0.3) is 16.8 Å². The van der Waals surface area contributed by atoms with Crippen molar-refractivity contribution in [2.75, 3.05) is 6.61 Å². The number of ether oxygens (including phenoxy) is 1. The van der Waals surface area contributed by atoms with Gasteiger partial charge < -0.3 is 9.84 Å². The summed E-state index contributed by atoms with van der Waals surface area (Å²) in [5.41, 5.74) is 1.16. The molecule has 0 radical (unpaired) electrons. The third-order valence-corrected chi connectivity index (χ3v) is 3.37. The third kappa shape index (κ3) is 5.01. The molecule has 1 aromatic carbocycles. The van der Waals surface area contributed by atoms with Crippen molar-refractivity contribution >= 4 is 16.8 Å². The fourth-order valence-corrected chi connectivity index (χ4v) is 2.22. The van der Waals surface area contributed by atoms with Gasteiger partial charge in [-0.2, -0.15) is 0 Å². The Hall–Kier alpha value is -2.13. The summed E-state index contributed by atoms with van der Waals surface area (Å²) in [4.78, 5) is 4.29. The van der Waals surface area contributed by atoms with Gasteiger partial charge in [-0.15, -0.1) is 0 Å². The van der Waals surface area contributed by atoms with E-state index in [4.69, 9.17) is 4.74 Å². The molecule has 0 aliphatic carbocycles. The van der Waals surface area contributed by atoms with Crippen LogP contribution in [0.15, 0.2) is 49.2 Å². The lowest BCUT2D eigenvalue weighted by molar-refractivity contribution is 0.182. The zero-order valence-corrected chi connectivity index (χ0v) is 13.0. The first-order chi connectivity index (χ1) is 10.7. The van der Waals surface area contributed by atoms with E-state index < -0.39 is 0 Å². The molecule has 1 atom stereocenters. The molecule has 3 nitrogen and oxygen atoms in total. The van der Waals surface area contributed by atoms with Gasteiger partial charge in [-0.3, -0.25) is 0 Å². The average Bonchev–Trinajstić information content (AvgIpc) is 2.52. The number of benzene rings is 1. The average molecular weight is 297 g/mol. The molecule has 0 saturated heterocycles. The Morgan fingerprint density at radius 3 is 2.95 bits per heavy atom. The second kappa shape index (κ2) is 8.35. The maximum absolute atomic E-state index is 9.22. The SMILES string of the molecule is C=CCOc1cc2ccc(C=CCCCC(C)O)cc2cn1. The van der Waals surface area contributed by atoms with Gasteiger partial charge in [0.15, 0.2) is 0 Å². The molecule has 2 rings (SSSR count). The summed E-state index contributed by atoms with van der Waals surface area (Å²) in [5, 5.41) is 11.4. The van der Waals surface area contributed by atoms with Crippen molar-refractivity contribution in [2.45, 2.75) is 32.3 Å². The predicted octanol–water partition coefficient (Wildman–Crippen LogP) is 4.36. The van der Waals surface area contributed by atoms with Crippen molar-refractivity contribution in [3.05, 3.63) is 54.8 Å². The molecule has 0 saturated carbocycles. The summed E-state index contributed by atoms with van der Waals surface area (Å²) in [6.07, 6.45) is 10.4. The van der Waals surface area contributed by atoms with Crippen LogP contribution in [0.5, 0.6) is 5.88 Å². The van der Waals surface area contributed by atoms with Crippen LogP contribution in [0.1, 0.15) is 31.7 Å². The monoisotopic (exact) mass is 297 g/mol. The fourth-order valence-electron chi connectivity index (χ4n) is 2.22. The number of nitrogens with zero attached hydrogens (tertiary/aromatic N) is 1. The fraction of sp³-hybridized carbons (Fsp3) is 0.316. The van der Waals surface area contributed by atoms with Gasteiger partial charge >= 0.3 is 0 Å². The Morgan fingerprint density at radius 1 is 1.32 bits per heavy atom.